The fraction of sp³-hybridized carbons (Fsp3) is 0.200. The van der Waals surface area contributed by atoms with Gasteiger partial charge in [-0.15, -0.1) is 0 Å². The standard InChI is InChI=1S/C20H20O8.C19H18O8.C18H16O8.C18H16O7/c1-23-11-7-6-10(8-12(11)24-2)18-20(27-5)17(22)15-13(28-18)9-14(25-3)19(26-4)16(15)21;1-23-11-7-9(5-6-10(11)20)17-19(26-4)16(22)14-12(27-17)8-13(24-2)18(25-3)15(14)21;1-23-12-7-11-13(14(21)17(12)24-2)15(22)18(25-3)16(26-11)8-4-5-9(19)10(20)6-8;1-22-13-6-9(4-5-10(13)19)12-7-11(20)16-14(25-12)8-15(23-2)18(24-3)17(16)21/h6-9,21H,1-5H3;5-8,20-21H,1-4H3;4-7,19-21H,1-3H3;4-8,19,21H,1-3H3. The molecule has 106 heavy (non-hydrogen) atoms. The van der Waals surface area contributed by atoms with Crippen LogP contribution in [0.3, 0.4) is 0 Å². The summed E-state index contributed by atoms with van der Waals surface area (Å²) >= 11 is 0. The van der Waals surface area contributed by atoms with Crippen molar-refractivity contribution in [2.75, 3.05) is 107 Å². The summed E-state index contributed by atoms with van der Waals surface area (Å²) in [5.74, 6) is 0.171. The molecule has 0 aliphatic carbocycles. The van der Waals surface area contributed by atoms with Crippen LogP contribution < -0.4 is 92.8 Å². The molecule has 12 rings (SSSR count). The Bertz CT molecular complexity index is 5570. The van der Waals surface area contributed by atoms with Gasteiger partial charge in [0.2, 0.25) is 56.5 Å². The molecule has 0 amide bonds. The topological polar surface area (TPSA) is 421 Å². The van der Waals surface area contributed by atoms with Gasteiger partial charge in [-0.05, 0) is 72.8 Å². The van der Waals surface area contributed by atoms with E-state index in [1.54, 1.807) is 36.4 Å². The molecule has 0 bridgehead atoms. The van der Waals surface area contributed by atoms with Crippen molar-refractivity contribution in [1.29, 1.82) is 0 Å². The number of benzene rings is 8. The maximum absolute atomic E-state index is 13.0. The van der Waals surface area contributed by atoms with Gasteiger partial charge in [0.25, 0.3) is 0 Å². The van der Waals surface area contributed by atoms with E-state index < -0.39 is 33.2 Å². The number of methoxy groups -OCH3 is 15. The Morgan fingerprint density at radius 2 is 0.519 bits per heavy atom. The molecule has 0 spiro atoms. The summed E-state index contributed by atoms with van der Waals surface area (Å²) < 4.78 is 101. The molecule has 0 saturated carbocycles. The van der Waals surface area contributed by atoms with Crippen molar-refractivity contribution in [3.8, 4) is 178 Å². The van der Waals surface area contributed by atoms with Crippen LogP contribution in [-0.4, -0.2) is 147 Å². The van der Waals surface area contributed by atoms with Crippen LogP contribution in [0.5, 0.6) is 132 Å². The lowest BCUT2D eigenvalue weighted by Crippen LogP contribution is -2.08. The SMILES string of the molecule is COc1cc(-c2cc(=O)c3c(O)c(OC)c(OC)cc3o2)ccc1O.COc1cc(-c2oc3cc(OC)c(OC)c(O)c3c(=O)c2OC)ccc1O.COc1cc2oc(-c3ccc(O)c(O)c3)c(OC)c(=O)c2c(O)c1OC.COc1ccc(-c2oc3cc(OC)c(OC)c(O)c3c(=O)c2OC)cc1OC. The van der Waals surface area contributed by atoms with Crippen LogP contribution >= 0.6 is 0 Å². The highest BCUT2D eigenvalue weighted by atomic mass is 16.5. The highest BCUT2D eigenvalue weighted by Crippen LogP contribution is 2.49. The third-order valence-corrected chi connectivity index (χ3v) is 16.1. The van der Waals surface area contributed by atoms with E-state index in [1.165, 1.54) is 173 Å². The predicted octanol–water partition coefficient (Wildman–Crippen LogP) is 11.6. The van der Waals surface area contributed by atoms with E-state index in [1.807, 2.05) is 0 Å². The molecule has 0 atom stereocenters. The number of hydrogen-bond acceptors (Lipinski definition) is 31. The van der Waals surface area contributed by atoms with E-state index in [9.17, 15) is 60.0 Å². The van der Waals surface area contributed by atoms with E-state index in [2.05, 4.69) is 0 Å². The number of rotatable bonds is 19. The number of fused-ring (bicyclic) bond motifs is 4. The highest BCUT2D eigenvalue weighted by molar-refractivity contribution is 5.95. The zero-order valence-corrected chi connectivity index (χ0v) is 59.3. The minimum Gasteiger partial charge on any atom is -0.504 e. The first kappa shape index (κ1) is 76.2. The first-order valence-electron chi connectivity index (χ1n) is 30.8. The first-order valence-corrected chi connectivity index (χ1v) is 30.8. The summed E-state index contributed by atoms with van der Waals surface area (Å²) in [6.45, 7) is 0. The van der Waals surface area contributed by atoms with Crippen LogP contribution in [0.4, 0.5) is 0 Å². The third kappa shape index (κ3) is 14.2. The zero-order valence-electron chi connectivity index (χ0n) is 59.3. The number of aromatic hydroxyl groups is 8. The Kier molecular flexibility index (Phi) is 23.2. The van der Waals surface area contributed by atoms with E-state index in [0.29, 0.717) is 33.8 Å². The van der Waals surface area contributed by atoms with Gasteiger partial charge < -0.3 is 130 Å². The van der Waals surface area contributed by atoms with Crippen LogP contribution in [0.1, 0.15) is 0 Å². The molecular weight excluding hydrogens is 1400 g/mol. The van der Waals surface area contributed by atoms with Gasteiger partial charge >= 0.3 is 0 Å². The third-order valence-electron chi connectivity index (χ3n) is 16.1. The van der Waals surface area contributed by atoms with Crippen LogP contribution in [0.2, 0.25) is 0 Å². The molecule has 0 saturated heterocycles. The number of phenolic OH excluding ortho intramolecular Hbond substituents is 8. The average Bonchev–Trinajstić information content (AvgIpc) is 0.745. The van der Waals surface area contributed by atoms with Crippen LogP contribution in [-0.2, 0) is 0 Å². The van der Waals surface area contributed by atoms with Crippen LogP contribution in [0.25, 0.3) is 89.2 Å². The number of phenols is 8. The lowest BCUT2D eigenvalue weighted by atomic mass is 10.1. The fourth-order valence-corrected chi connectivity index (χ4v) is 11.0. The van der Waals surface area contributed by atoms with Crippen molar-refractivity contribution in [2.45, 2.75) is 0 Å². The molecule has 12 aromatic rings. The number of hydrogen-bond donors (Lipinski definition) is 8. The van der Waals surface area contributed by atoms with Gasteiger partial charge in [0.1, 0.15) is 49.6 Å². The lowest BCUT2D eigenvalue weighted by Gasteiger charge is -2.14. The van der Waals surface area contributed by atoms with E-state index in [4.69, 9.17) is 88.7 Å². The molecule has 31 nitrogen and oxygen atoms in total. The van der Waals surface area contributed by atoms with Gasteiger partial charge in [0.05, 0.1) is 107 Å². The Labute approximate surface area is 599 Å². The molecule has 0 unspecified atom stereocenters. The first-order chi connectivity index (χ1) is 50.9. The van der Waals surface area contributed by atoms with Gasteiger partial charge in [0, 0.05) is 52.6 Å². The maximum atomic E-state index is 13.0. The summed E-state index contributed by atoms with van der Waals surface area (Å²) in [5.41, 5.74) is -0.0319. The normalized spacial score (nSPS) is 10.7. The molecule has 556 valence electrons. The molecule has 4 heterocycles. The van der Waals surface area contributed by atoms with Crippen molar-refractivity contribution < 1.29 is 130 Å². The van der Waals surface area contributed by atoms with Crippen molar-refractivity contribution in [1.82, 2.24) is 0 Å². The fourth-order valence-electron chi connectivity index (χ4n) is 11.0. The molecule has 4 aromatic heterocycles. The molecule has 0 aliphatic rings. The van der Waals surface area contributed by atoms with Gasteiger partial charge in [-0.25, -0.2) is 0 Å². The smallest absolute Gasteiger partial charge is 0.239 e. The van der Waals surface area contributed by atoms with Crippen LogP contribution in [0.15, 0.2) is 140 Å². The van der Waals surface area contributed by atoms with Crippen molar-refractivity contribution >= 4 is 43.9 Å². The van der Waals surface area contributed by atoms with E-state index in [-0.39, 0.29) is 176 Å². The second-order valence-electron chi connectivity index (χ2n) is 21.7. The predicted molar refractivity (Wildman–Crippen MR) is 383 cm³/mol. The van der Waals surface area contributed by atoms with Gasteiger partial charge in [0.15, 0.2) is 115 Å². The molecule has 0 radical (unpaired) electrons. The monoisotopic (exact) mass is 1470 g/mol. The minimum absolute atomic E-state index is 0.00727. The average molecular weight is 1470 g/mol. The Morgan fingerprint density at radius 1 is 0.236 bits per heavy atom. The molecular formula is C75H70O31. The summed E-state index contributed by atoms with van der Waals surface area (Å²) in [6, 6.07) is 25.0. The summed E-state index contributed by atoms with van der Waals surface area (Å²) in [5, 5.41) is 80.0. The van der Waals surface area contributed by atoms with Crippen LogP contribution in [0, 0.1) is 0 Å². The summed E-state index contributed by atoms with van der Waals surface area (Å²) in [7, 11) is 20.8. The minimum atomic E-state index is -0.630. The summed E-state index contributed by atoms with van der Waals surface area (Å²) in [4.78, 5) is 51.3. The van der Waals surface area contributed by atoms with E-state index >= 15 is 0 Å². The highest BCUT2D eigenvalue weighted by Gasteiger charge is 2.29. The lowest BCUT2D eigenvalue weighted by molar-refractivity contribution is 0.334. The Hall–Kier alpha value is -14.0. The Morgan fingerprint density at radius 3 is 0.849 bits per heavy atom. The molecule has 0 fully saturated rings. The van der Waals surface area contributed by atoms with Crippen molar-refractivity contribution in [2.24, 2.45) is 0 Å². The second-order valence-corrected chi connectivity index (χ2v) is 21.7. The van der Waals surface area contributed by atoms with E-state index in [0.717, 1.165) is 0 Å². The zero-order chi connectivity index (χ0) is 77.3. The van der Waals surface area contributed by atoms with Gasteiger partial charge in [-0.1, -0.05) is 0 Å². The molecule has 31 heteroatoms. The molecule has 8 aromatic carbocycles. The van der Waals surface area contributed by atoms with Crippen molar-refractivity contribution in [3.05, 3.63) is 144 Å². The van der Waals surface area contributed by atoms with Gasteiger partial charge in [-0.3, -0.25) is 19.2 Å². The maximum Gasteiger partial charge on any atom is 0.239 e. The largest absolute Gasteiger partial charge is 0.504 e. The van der Waals surface area contributed by atoms with Crippen molar-refractivity contribution in [3.63, 3.8) is 0 Å². The molecule has 8 N–H and O–H groups in total. The summed E-state index contributed by atoms with van der Waals surface area (Å²) in [6.07, 6.45) is 0. The molecule has 0 aliphatic heterocycles. The second kappa shape index (κ2) is 32.3. The number of ether oxygens (including phenoxy) is 15. The quantitative estimate of drug-likeness (QED) is 0.0349. The van der Waals surface area contributed by atoms with Gasteiger partial charge in [-0.2, -0.15) is 0 Å². The Balaban J connectivity index is 0.000000164.